The van der Waals surface area contributed by atoms with Gasteiger partial charge in [0.25, 0.3) is 5.91 Å². The summed E-state index contributed by atoms with van der Waals surface area (Å²) >= 11 is 0. The number of anilines is 1. The molecule has 1 amide bonds. The molecule has 1 atom stereocenters. The molecule has 2 aromatic rings. The summed E-state index contributed by atoms with van der Waals surface area (Å²) in [6.07, 6.45) is -1.04. The van der Waals surface area contributed by atoms with Crippen LogP contribution in [0.4, 0.5) is 5.69 Å². The smallest absolute Gasteiger partial charge is 0.346 e. The maximum absolute atomic E-state index is 12.6. The molecule has 144 valence electrons. The van der Waals surface area contributed by atoms with E-state index in [4.69, 9.17) is 18.9 Å². The van der Waals surface area contributed by atoms with Crippen LogP contribution in [0.1, 0.15) is 24.2 Å². The number of methoxy groups -OCH3 is 2. The van der Waals surface area contributed by atoms with Gasteiger partial charge in [-0.15, -0.1) is 0 Å². The van der Waals surface area contributed by atoms with E-state index in [1.54, 1.807) is 42.5 Å². The molecule has 0 aromatic heterocycles. The zero-order valence-corrected chi connectivity index (χ0v) is 15.8. The Bertz CT molecular complexity index is 783. The summed E-state index contributed by atoms with van der Waals surface area (Å²) in [6, 6.07) is 11.9. The molecule has 0 bridgehead atoms. The fourth-order valence-electron chi connectivity index (χ4n) is 2.41. The Morgan fingerprint density at radius 2 is 1.56 bits per heavy atom. The van der Waals surface area contributed by atoms with Gasteiger partial charge in [0.1, 0.15) is 22.8 Å². The number of carbonyl (C=O) groups excluding carboxylic acids is 2. The molecule has 0 heterocycles. The number of para-hydroxylation sites is 2. The Morgan fingerprint density at radius 3 is 2.15 bits per heavy atom. The summed E-state index contributed by atoms with van der Waals surface area (Å²) in [7, 11) is 2.87. The lowest BCUT2D eigenvalue weighted by atomic mass is 10.1. The molecular formula is C20H23NO6. The van der Waals surface area contributed by atoms with Crippen LogP contribution in [0.3, 0.4) is 0 Å². The number of esters is 1. The molecule has 7 heteroatoms. The molecule has 1 N–H and O–H groups in total. The second kappa shape index (κ2) is 9.47. The van der Waals surface area contributed by atoms with E-state index in [0.717, 1.165) is 0 Å². The van der Waals surface area contributed by atoms with E-state index in [0.29, 0.717) is 29.5 Å². The second-order valence-electron chi connectivity index (χ2n) is 5.50. The van der Waals surface area contributed by atoms with Crippen molar-refractivity contribution >= 4 is 17.6 Å². The monoisotopic (exact) mass is 373 g/mol. The van der Waals surface area contributed by atoms with Crippen LogP contribution < -0.4 is 19.5 Å². The minimum Gasteiger partial charge on any atom is -0.496 e. The van der Waals surface area contributed by atoms with Crippen LogP contribution in [0, 0.1) is 0 Å². The summed E-state index contributed by atoms with van der Waals surface area (Å²) in [4.78, 5) is 25.0. The lowest BCUT2D eigenvalue weighted by Gasteiger charge is -2.17. The van der Waals surface area contributed by atoms with Crippen LogP contribution in [-0.4, -0.2) is 38.8 Å². The minimum atomic E-state index is -1.04. The molecule has 2 aromatic carbocycles. The molecule has 0 aliphatic rings. The average molecular weight is 373 g/mol. The quantitative estimate of drug-likeness (QED) is 0.715. The maximum atomic E-state index is 12.6. The number of carbonyl (C=O) groups is 2. The molecule has 0 fully saturated rings. The Labute approximate surface area is 158 Å². The van der Waals surface area contributed by atoms with Crippen molar-refractivity contribution in [1.82, 2.24) is 0 Å². The van der Waals surface area contributed by atoms with Crippen molar-refractivity contribution in [3.05, 3.63) is 48.0 Å². The predicted octanol–water partition coefficient (Wildman–Crippen LogP) is 3.29. The van der Waals surface area contributed by atoms with Gasteiger partial charge in [0.15, 0.2) is 6.10 Å². The van der Waals surface area contributed by atoms with Gasteiger partial charge in [-0.1, -0.05) is 18.2 Å². The first kappa shape index (κ1) is 20.1. The zero-order valence-electron chi connectivity index (χ0n) is 15.8. The van der Waals surface area contributed by atoms with Gasteiger partial charge in [0.05, 0.1) is 26.5 Å². The van der Waals surface area contributed by atoms with Crippen LogP contribution >= 0.6 is 0 Å². The van der Waals surface area contributed by atoms with Gasteiger partial charge in [0.2, 0.25) is 0 Å². The van der Waals surface area contributed by atoms with Gasteiger partial charge in [-0.2, -0.15) is 0 Å². The van der Waals surface area contributed by atoms with Crippen molar-refractivity contribution in [1.29, 1.82) is 0 Å². The molecule has 0 saturated heterocycles. The Balaban J connectivity index is 2.12. The van der Waals surface area contributed by atoms with Crippen LogP contribution in [-0.2, 0) is 9.53 Å². The number of hydrogen-bond acceptors (Lipinski definition) is 6. The highest BCUT2D eigenvalue weighted by Gasteiger charge is 2.25. The highest BCUT2D eigenvalue weighted by molar-refractivity contribution is 6.00. The van der Waals surface area contributed by atoms with Gasteiger partial charge in [-0.05, 0) is 38.1 Å². The molecule has 27 heavy (non-hydrogen) atoms. The lowest BCUT2D eigenvalue weighted by molar-refractivity contribution is -0.123. The SMILES string of the molecule is CCOc1ccccc1NC(=O)C(C)OC(=O)c1c(OC)cccc1OC. The van der Waals surface area contributed by atoms with E-state index in [1.807, 2.05) is 6.92 Å². The van der Waals surface area contributed by atoms with Crippen LogP contribution in [0.15, 0.2) is 42.5 Å². The van der Waals surface area contributed by atoms with Crippen molar-refractivity contribution in [3.8, 4) is 17.2 Å². The van der Waals surface area contributed by atoms with E-state index < -0.39 is 18.0 Å². The maximum Gasteiger partial charge on any atom is 0.346 e. The summed E-state index contributed by atoms with van der Waals surface area (Å²) < 4.78 is 21.2. The number of benzene rings is 2. The summed E-state index contributed by atoms with van der Waals surface area (Å²) in [6.45, 7) is 3.80. The molecule has 0 aliphatic carbocycles. The zero-order chi connectivity index (χ0) is 19.8. The first-order valence-corrected chi connectivity index (χ1v) is 8.46. The standard InChI is InChI=1S/C20H23NO6/c1-5-26-15-10-7-6-9-14(15)21-19(22)13(2)27-20(23)18-16(24-3)11-8-12-17(18)25-4/h6-13H,5H2,1-4H3,(H,21,22). The number of rotatable bonds is 8. The summed E-state index contributed by atoms with van der Waals surface area (Å²) in [5.41, 5.74) is 0.624. The van der Waals surface area contributed by atoms with Crippen LogP contribution in [0.5, 0.6) is 17.2 Å². The number of ether oxygens (including phenoxy) is 4. The van der Waals surface area contributed by atoms with E-state index in [9.17, 15) is 9.59 Å². The van der Waals surface area contributed by atoms with Crippen LogP contribution in [0.25, 0.3) is 0 Å². The van der Waals surface area contributed by atoms with Crippen molar-refractivity contribution in [3.63, 3.8) is 0 Å². The number of hydrogen-bond donors (Lipinski definition) is 1. The Kier molecular flexibility index (Phi) is 7.05. The fraction of sp³-hybridized carbons (Fsp3) is 0.300. The highest BCUT2D eigenvalue weighted by atomic mass is 16.6. The fourth-order valence-corrected chi connectivity index (χ4v) is 2.41. The largest absolute Gasteiger partial charge is 0.496 e. The predicted molar refractivity (Wildman–Crippen MR) is 101 cm³/mol. The average Bonchev–Trinajstić information content (AvgIpc) is 2.68. The van der Waals surface area contributed by atoms with Gasteiger partial charge in [-0.3, -0.25) is 4.79 Å². The van der Waals surface area contributed by atoms with Crippen molar-refractivity contribution in [2.24, 2.45) is 0 Å². The van der Waals surface area contributed by atoms with Gasteiger partial charge in [0, 0.05) is 0 Å². The second-order valence-corrected chi connectivity index (χ2v) is 5.50. The first-order valence-electron chi connectivity index (χ1n) is 8.46. The topological polar surface area (TPSA) is 83.1 Å². The van der Waals surface area contributed by atoms with Gasteiger partial charge >= 0.3 is 5.97 Å². The summed E-state index contributed by atoms with van der Waals surface area (Å²) in [5.74, 6) is -0.0602. The van der Waals surface area contributed by atoms with E-state index >= 15 is 0 Å². The number of amides is 1. The third-order valence-electron chi connectivity index (χ3n) is 3.73. The lowest BCUT2D eigenvalue weighted by Crippen LogP contribution is -2.30. The molecule has 7 nitrogen and oxygen atoms in total. The highest BCUT2D eigenvalue weighted by Crippen LogP contribution is 2.29. The van der Waals surface area contributed by atoms with Crippen LogP contribution in [0.2, 0.25) is 0 Å². The van der Waals surface area contributed by atoms with Gasteiger partial charge in [-0.25, -0.2) is 4.79 Å². The Hall–Kier alpha value is -3.22. The molecule has 1 unspecified atom stereocenters. The molecule has 0 radical (unpaired) electrons. The number of nitrogens with one attached hydrogen (secondary N) is 1. The molecule has 0 spiro atoms. The molecular weight excluding hydrogens is 350 g/mol. The third kappa shape index (κ3) is 4.91. The normalized spacial score (nSPS) is 11.3. The minimum absolute atomic E-state index is 0.122. The van der Waals surface area contributed by atoms with E-state index in [2.05, 4.69) is 5.32 Å². The van der Waals surface area contributed by atoms with E-state index in [-0.39, 0.29) is 5.56 Å². The Morgan fingerprint density at radius 1 is 0.963 bits per heavy atom. The molecule has 0 saturated carbocycles. The third-order valence-corrected chi connectivity index (χ3v) is 3.73. The molecule has 0 aliphatic heterocycles. The van der Waals surface area contributed by atoms with Gasteiger partial charge < -0.3 is 24.3 Å². The van der Waals surface area contributed by atoms with Crippen molar-refractivity contribution in [2.75, 3.05) is 26.1 Å². The van der Waals surface area contributed by atoms with Crippen molar-refractivity contribution < 1.29 is 28.5 Å². The summed E-state index contributed by atoms with van der Waals surface area (Å²) in [5, 5.41) is 2.71. The van der Waals surface area contributed by atoms with Crippen molar-refractivity contribution in [2.45, 2.75) is 20.0 Å². The molecule has 2 rings (SSSR count). The first-order chi connectivity index (χ1) is 13.0. The van der Waals surface area contributed by atoms with E-state index in [1.165, 1.54) is 21.1 Å².